The van der Waals surface area contributed by atoms with E-state index in [4.69, 9.17) is 5.11 Å². The van der Waals surface area contributed by atoms with Crippen LogP contribution in [0.5, 0.6) is 0 Å². The van der Waals surface area contributed by atoms with Crippen molar-refractivity contribution in [2.75, 3.05) is 10.6 Å². The normalized spacial score (nSPS) is 12.9. The summed E-state index contributed by atoms with van der Waals surface area (Å²) in [6.45, 7) is 0. The summed E-state index contributed by atoms with van der Waals surface area (Å²) in [6, 6.07) is 9.17. The van der Waals surface area contributed by atoms with Gasteiger partial charge in [0.15, 0.2) is 0 Å². The number of carbonyl (C=O) groups excluding carboxylic acids is 2. The Kier molecular flexibility index (Phi) is 5.68. The highest BCUT2D eigenvalue weighted by Gasteiger charge is 2.26. The fourth-order valence-corrected chi connectivity index (χ4v) is 4.32. The molecule has 1 heterocycles. The molecule has 26 heavy (non-hydrogen) atoms. The Morgan fingerprint density at radius 3 is 2.46 bits per heavy atom. The maximum atomic E-state index is 12.9. The predicted octanol–water partition coefficient (Wildman–Crippen LogP) is 3.68. The summed E-state index contributed by atoms with van der Waals surface area (Å²) in [5, 5.41) is 14.9. The van der Waals surface area contributed by atoms with E-state index in [-0.39, 0.29) is 24.7 Å². The van der Waals surface area contributed by atoms with Crippen LogP contribution in [-0.2, 0) is 22.4 Å². The van der Waals surface area contributed by atoms with Gasteiger partial charge in [0.25, 0.3) is 5.91 Å². The number of fused-ring (bicyclic) bond motifs is 1. The van der Waals surface area contributed by atoms with Crippen molar-refractivity contribution in [1.29, 1.82) is 0 Å². The SMILES string of the molecule is O=C(O)CCC(=O)Nc1sc2c(c1C(=O)Nc1ccccc1)CCCC2. The second kappa shape index (κ2) is 8.14. The van der Waals surface area contributed by atoms with Crippen molar-refractivity contribution >= 4 is 39.8 Å². The van der Waals surface area contributed by atoms with Gasteiger partial charge in [-0.2, -0.15) is 0 Å². The standard InChI is InChI=1S/C19H20N2O4S/c22-15(10-11-16(23)24)21-19-17(13-8-4-5-9-14(13)26-19)18(25)20-12-6-2-1-3-7-12/h1-3,6-7H,4-5,8-11H2,(H,20,25)(H,21,22)(H,23,24). The molecule has 0 radical (unpaired) electrons. The Labute approximate surface area is 155 Å². The van der Waals surface area contributed by atoms with Gasteiger partial charge in [-0.25, -0.2) is 0 Å². The number of amides is 2. The van der Waals surface area contributed by atoms with Gasteiger partial charge in [-0.3, -0.25) is 14.4 Å². The fraction of sp³-hybridized carbons (Fsp3) is 0.316. The maximum absolute atomic E-state index is 12.9. The second-order valence-corrected chi connectivity index (χ2v) is 7.28. The number of aryl methyl sites for hydroxylation is 1. The second-order valence-electron chi connectivity index (χ2n) is 6.18. The van der Waals surface area contributed by atoms with Crippen LogP contribution < -0.4 is 10.6 Å². The Morgan fingerprint density at radius 2 is 1.73 bits per heavy atom. The average Bonchev–Trinajstić information content (AvgIpc) is 2.98. The van der Waals surface area contributed by atoms with Gasteiger partial charge in [0, 0.05) is 17.0 Å². The van der Waals surface area contributed by atoms with Crippen molar-refractivity contribution in [1.82, 2.24) is 0 Å². The predicted molar refractivity (Wildman–Crippen MR) is 101 cm³/mol. The molecule has 2 aromatic rings. The monoisotopic (exact) mass is 372 g/mol. The number of nitrogens with one attached hydrogen (secondary N) is 2. The number of carbonyl (C=O) groups is 3. The highest BCUT2D eigenvalue weighted by atomic mass is 32.1. The Balaban J connectivity index is 1.84. The van der Waals surface area contributed by atoms with E-state index in [0.717, 1.165) is 36.1 Å². The van der Waals surface area contributed by atoms with Gasteiger partial charge in [0.2, 0.25) is 5.91 Å². The molecule has 0 spiro atoms. The van der Waals surface area contributed by atoms with Crippen molar-refractivity contribution in [2.45, 2.75) is 38.5 Å². The number of para-hydroxylation sites is 1. The molecular formula is C19H20N2O4S. The van der Waals surface area contributed by atoms with Crippen LogP contribution in [0.1, 0.15) is 46.5 Å². The van der Waals surface area contributed by atoms with Crippen molar-refractivity contribution in [3.8, 4) is 0 Å². The van der Waals surface area contributed by atoms with Crippen LogP contribution in [0.2, 0.25) is 0 Å². The van der Waals surface area contributed by atoms with Crippen molar-refractivity contribution < 1.29 is 19.5 Å². The van der Waals surface area contributed by atoms with Crippen LogP contribution in [0, 0.1) is 0 Å². The summed E-state index contributed by atoms with van der Waals surface area (Å²) in [5.74, 6) is -1.66. The van der Waals surface area contributed by atoms with E-state index in [1.807, 2.05) is 30.3 Å². The van der Waals surface area contributed by atoms with E-state index in [1.165, 1.54) is 11.3 Å². The molecule has 136 valence electrons. The molecule has 0 atom stereocenters. The number of hydrogen-bond acceptors (Lipinski definition) is 4. The number of thiophene rings is 1. The van der Waals surface area contributed by atoms with E-state index in [0.29, 0.717) is 16.3 Å². The van der Waals surface area contributed by atoms with Crippen LogP contribution in [-0.4, -0.2) is 22.9 Å². The first-order valence-corrected chi connectivity index (χ1v) is 9.39. The molecule has 0 saturated carbocycles. The summed E-state index contributed by atoms with van der Waals surface area (Å²) < 4.78 is 0. The van der Waals surface area contributed by atoms with Crippen LogP contribution >= 0.6 is 11.3 Å². The minimum absolute atomic E-state index is 0.113. The fourth-order valence-electron chi connectivity index (χ4n) is 3.02. The van der Waals surface area contributed by atoms with Gasteiger partial charge in [0.05, 0.1) is 12.0 Å². The first kappa shape index (κ1) is 18.1. The maximum Gasteiger partial charge on any atom is 0.303 e. The molecule has 2 amide bonds. The molecule has 1 aliphatic carbocycles. The lowest BCUT2D eigenvalue weighted by Gasteiger charge is -2.13. The van der Waals surface area contributed by atoms with E-state index < -0.39 is 5.97 Å². The molecule has 1 aromatic heterocycles. The smallest absolute Gasteiger partial charge is 0.303 e. The van der Waals surface area contributed by atoms with Gasteiger partial charge in [-0.05, 0) is 43.4 Å². The molecule has 6 nitrogen and oxygen atoms in total. The zero-order valence-corrected chi connectivity index (χ0v) is 15.0. The van der Waals surface area contributed by atoms with Crippen LogP contribution in [0.15, 0.2) is 30.3 Å². The highest BCUT2D eigenvalue weighted by Crippen LogP contribution is 2.38. The summed E-state index contributed by atoms with van der Waals surface area (Å²) >= 11 is 1.42. The Morgan fingerprint density at radius 1 is 1.00 bits per heavy atom. The van der Waals surface area contributed by atoms with E-state index in [1.54, 1.807) is 0 Å². The first-order chi connectivity index (χ1) is 12.5. The van der Waals surface area contributed by atoms with E-state index >= 15 is 0 Å². The van der Waals surface area contributed by atoms with Crippen molar-refractivity contribution in [2.24, 2.45) is 0 Å². The third-order valence-electron chi connectivity index (χ3n) is 4.25. The molecule has 0 unspecified atom stereocenters. The zero-order chi connectivity index (χ0) is 18.5. The quantitative estimate of drug-likeness (QED) is 0.721. The number of rotatable bonds is 6. The lowest BCUT2D eigenvalue weighted by atomic mass is 9.95. The minimum atomic E-state index is -1.02. The first-order valence-electron chi connectivity index (χ1n) is 8.57. The highest BCUT2D eigenvalue weighted by molar-refractivity contribution is 7.17. The molecular weight excluding hydrogens is 352 g/mol. The van der Waals surface area contributed by atoms with Gasteiger partial charge >= 0.3 is 5.97 Å². The third-order valence-corrected chi connectivity index (χ3v) is 5.46. The molecule has 0 bridgehead atoms. The average molecular weight is 372 g/mol. The molecule has 3 rings (SSSR count). The van der Waals surface area contributed by atoms with Crippen LogP contribution in [0.25, 0.3) is 0 Å². The molecule has 0 fully saturated rings. The van der Waals surface area contributed by atoms with Gasteiger partial charge in [-0.1, -0.05) is 18.2 Å². The van der Waals surface area contributed by atoms with Crippen LogP contribution in [0.4, 0.5) is 10.7 Å². The molecule has 0 saturated heterocycles. The molecule has 0 aliphatic heterocycles. The Hall–Kier alpha value is -2.67. The van der Waals surface area contributed by atoms with Crippen LogP contribution in [0.3, 0.4) is 0 Å². The molecule has 7 heteroatoms. The number of hydrogen-bond donors (Lipinski definition) is 3. The minimum Gasteiger partial charge on any atom is -0.481 e. The van der Waals surface area contributed by atoms with Gasteiger partial charge in [0.1, 0.15) is 5.00 Å². The number of anilines is 2. The largest absolute Gasteiger partial charge is 0.481 e. The zero-order valence-electron chi connectivity index (χ0n) is 14.2. The third kappa shape index (κ3) is 4.29. The van der Waals surface area contributed by atoms with E-state index in [2.05, 4.69) is 10.6 Å². The lowest BCUT2D eigenvalue weighted by molar-refractivity contribution is -0.138. The number of benzene rings is 1. The van der Waals surface area contributed by atoms with Gasteiger partial charge < -0.3 is 15.7 Å². The number of aliphatic carboxylic acids is 1. The van der Waals surface area contributed by atoms with Crippen molar-refractivity contribution in [3.63, 3.8) is 0 Å². The summed E-state index contributed by atoms with van der Waals surface area (Å²) in [5.41, 5.74) is 2.21. The lowest BCUT2D eigenvalue weighted by Crippen LogP contribution is -2.19. The topological polar surface area (TPSA) is 95.5 Å². The summed E-state index contributed by atoms with van der Waals surface area (Å²) in [6.07, 6.45) is 3.45. The number of carboxylic acid groups (broad SMARTS) is 1. The van der Waals surface area contributed by atoms with E-state index in [9.17, 15) is 14.4 Å². The molecule has 1 aliphatic rings. The molecule has 3 N–H and O–H groups in total. The molecule has 1 aromatic carbocycles. The number of carboxylic acids is 1. The summed E-state index contributed by atoms with van der Waals surface area (Å²) in [4.78, 5) is 36.7. The summed E-state index contributed by atoms with van der Waals surface area (Å²) in [7, 11) is 0. The Bertz CT molecular complexity index is 830. The van der Waals surface area contributed by atoms with Gasteiger partial charge in [-0.15, -0.1) is 11.3 Å². The van der Waals surface area contributed by atoms with Crippen molar-refractivity contribution in [3.05, 3.63) is 46.3 Å².